The minimum absolute atomic E-state index is 0.0812. The monoisotopic (exact) mass is 279 g/mol. The number of hydrogen-bond acceptors (Lipinski definition) is 3. The highest BCUT2D eigenvalue weighted by Gasteiger charge is 2.25. The second kappa shape index (κ2) is 6.41. The molecule has 0 heterocycles. The topological polar surface area (TPSA) is 86.6 Å². The fraction of sp³-hybridized carbons (Fsp3) is 0.467. The number of amides is 1. The van der Waals surface area contributed by atoms with Gasteiger partial charge in [0.05, 0.1) is 5.92 Å². The number of aliphatic carboxylic acids is 1. The molecule has 5 nitrogen and oxygen atoms in total. The summed E-state index contributed by atoms with van der Waals surface area (Å²) in [7, 11) is 0. The molecule has 110 valence electrons. The number of benzene rings is 1. The van der Waals surface area contributed by atoms with Crippen LogP contribution in [0.5, 0.6) is 5.75 Å². The number of rotatable bonds is 5. The summed E-state index contributed by atoms with van der Waals surface area (Å²) < 4.78 is 0. The van der Waals surface area contributed by atoms with E-state index in [1.165, 1.54) is 24.3 Å². The van der Waals surface area contributed by atoms with Crippen LogP contribution in [0.2, 0.25) is 0 Å². The van der Waals surface area contributed by atoms with Gasteiger partial charge in [-0.1, -0.05) is 20.8 Å². The fourth-order valence-electron chi connectivity index (χ4n) is 1.92. The van der Waals surface area contributed by atoms with Crippen molar-refractivity contribution in [2.24, 2.45) is 11.3 Å². The standard InChI is InChI=1S/C15H21NO4/c1-15(2,3)8-11(14(19)20)9-16-13(18)10-4-6-12(17)7-5-10/h4-7,11,17H,8-9H2,1-3H3,(H,16,18)(H,19,20). The van der Waals surface area contributed by atoms with E-state index in [1.54, 1.807) is 0 Å². The molecule has 1 atom stereocenters. The second-order valence-corrected chi connectivity index (χ2v) is 6.06. The smallest absolute Gasteiger partial charge is 0.308 e. The molecule has 20 heavy (non-hydrogen) atoms. The minimum atomic E-state index is -0.911. The van der Waals surface area contributed by atoms with Crippen LogP contribution in [0.1, 0.15) is 37.6 Å². The zero-order chi connectivity index (χ0) is 15.3. The summed E-state index contributed by atoms with van der Waals surface area (Å²) in [6, 6.07) is 5.81. The summed E-state index contributed by atoms with van der Waals surface area (Å²) in [6.07, 6.45) is 0.484. The average molecular weight is 279 g/mol. The van der Waals surface area contributed by atoms with Crippen molar-refractivity contribution in [1.29, 1.82) is 0 Å². The molecule has 1 amide bonds. The van der Waals surface area contributed by atoms with Gasteiger partial charge in [-0.3, -0.25) is 9.59 Å². The molecule has 5 heteroatoms. The highest BCUT2D eigenvalue weighted by atomic mass is 16.4. The first-order valence-corrected chi connectivity index (χ1v) is 6.49. The van der Waals surface area contributed by atoms with Crippen LogP contribution in [0.3, 0.4) is 0 Å². The van der Waals surface area contributed by atoms with Gasteiger partial charge in [-0.05, 0) is 36.1 Å². The Labute approximate surface area is 118 Å². The Hall–Kier alpha value is -2.04. The van der Waals surface area contributed by atoms with E-state index in [-0.39, 0.29) is 23.6 Å². The van der Waals surface area contributed by atoms with E-state index in [4.69, 9.17) is 5.11 Å². The van der Waals surface area contributed by atoms with Crippen molar-refractivity contribution >= 4 is 11.9 Å². The predicted molar refractivity (Wildman–Crippen MR) is 75.6 cm³/mol. The summed E-state index contributed by atoms with van der Waals surface area (Å²) in [5, 5.41) is 20.9. The van der Waals surface area contributed by atoms with Crippen LogP contribution in [0.15, 0.2) is 24.3 Å². The van der Waals surface area contributed by atoms with Crippen LogP contribution in [-0.4, -0.2) is 28.6 Å². The van der Waals surface area contributed by atoms with Gasteiger partial charge in [-0.25, -0.2) is 0 Å². The molecule has 0 spiro atoms. The van der Waals surface area contributed by atoms with Gasteiger partial charge in [0.25, 0.3) is 5.91 Å². The van der Waals surface area contributed by atoms with Gasteiger partial charge < -0.3 is 15.5 Å². The van der Waals surface area contributed by atoms with E-state index in [0.717, 1.165) is 0 Å². The molecule has 1 aromatic rings. The van der Waals surface area contributed by atoms with Gasteiger partial charge in [-0.15, -0.1) is 0 Å². The van der Waals surface area contributed by atoms with Gasteiger partial charge in [-0.2, -0.15) is 0 Å². The van der Waals surface area contributed by atoms with Gasteiger partial charge >= 0.3 is 5.97 Å². The minimum Gasteiger partial charge on any atom is -0.508 e. The largest absolute Gasteiger partial charge is 0.508 e. The molecular formula is C15H21NO4. The second-order valence-electron chi connectivity index (χ2n) is 6.06. The summed E-state index contributed by atoms with van der Waals surface area (Å²) in [5.41, 5.74) is 0.273. The Morgan fingerprint density at radius 2 is 1.75 bits per heavy atom. The van der Waals surface area contributed by atoms with Gasteiger partial charge in [0.1, 0.15) is 5.75 Å². The highest BCUT2D eigenvalue weighted by Crippen LogP contribution is 2.24. The Balaban J connectivity index is 2.61. The number of carboxylic acids is 1. The molecule has 0 aliphatic heterocycles. The number of carbonyl (C=O) groups is 2. The molecule has 0 bridgehead atoms. The van der Waals surface area contributed by atoms with Crippen LogP contribution in [0, 0.1) is 11.3 Å². The maximum atomic E-state index is 11.9. The molecule has 1 rings (SSSR count). The Kier molecular flexibility index (Phi) is 5.13. The molecule has 0 aromatic heterocycles. The number of phenols is 1. The third-order valence-corrected chi connectivity index (χ3v) is 2.85. The van der Waals surface area contributed by atoms with E-state index >= 15 is 0 Å². The Bertz CT molecular complexity index is 474. The first-order valence-electron chi connectivity index (χ1n) is 6.49. The molecule has 0 aliphatic rings. The normalized spacial score (nSPS) is 12.8. The molecule has 0 radical (unpaired) electrons. The van der Waals surface area contributed by atoms with Crippen molar-refractivity contribution < 1.29 is 19.8 Å². The molecule has 1 unspecified atom stereocenters. The lowest BCUT2D eigenvalue weighted by Gasteiger charge is -2.23. The van der Waals surface area contributed by atoms with Crippen LogP contribution in [0.25, 0.3) is 0 Å². The number of hydrogen-bond donors (Lipinski definition) is 3. The van der Waals surface area contributed by atoms with Crippen LogP contribution < -0.4 is 5.32 Å². The van der Waals surface area contributed by atoms with Crippen molar-refractivity contribution in [1.82, 2.24) is 5.32 Å². The third-order valence-electron chi connectivity index (χ3n) is 2.85. The van der Waals surface area contributed by atoms with E-state index in [9.17, 15) is 14.7 Å². The summed E-state index contributed by atoms with van der Waals surface area (Å²) >= 11 is 0. The fourth-order valence-corrected chi connectivity index (χ4v) is 1.92. The number of phenolic OH excluding ortho intramolecular Hbond substituents is 1. The average Bonchev–Trinajstić information content (AvgIpc) is 2.33. The lowest BCUT2D eigenvalue weighted by molar-refractivity contribution is -0.142. The Morgan fingerprint density at radius 3 is 2.20 bits per heavy atom. The van der Waals surface area contributed by atoms with E-state index in [2.05, 4.69) is 5.32 Å². The van der Waals surface area contributed by atoms with E-state index < -0.39 is 11.9 Å². The quantitative estimate of drug-likeness (QED) is 0.771. The SMILES string of the molecule is CC(C)(C)CC(CNC(=O)c1ccc(O)cc1)C(=O)O. The lowest BCUT2D eigenvalue weighted by Crippen LogP contribution is -2.35. The molecule has 0 fully saturated rings. The van der Waals surface area contributed by atoms with Gasteiger partial charge in [0.15, 0.2) is 0 Å². The van der Waals surface area contributed by atoms with Crippen molar-refractivity contribution in [3.05, 3.63) is 29.8 Å². The molecule has 0 aliphatic carbocycles. The highest BCUT2D eigenvalue weighted by molar-refractivity contribution is 5.94. The zero-order valence-corrected chi connectivity index (χ0v) is 12.0. The van der Waals surface area contributed by atoms with E-state index in [0.29, 0.717) is 12.0 Å². The maximum Gasteiger partial charge on any atom is 0.308 e. The van der Waals surface area contributed by atoms with Gasteiger partial charge in [0, 0.05) is 12.1 Å². The molecule has 3 N–H and O–H groups in total. The van der Waals surface area contributed by atoms with Crippen LogP contribution in [0.4, 0.5) is 0 Å². The van der Waals surface area contributed by atoms with Gasteiger partial charge in [0.2, 0.25) is 0 Å². The summed E-state index contributed by atoms with van der Waals surface area (Å²) in [6.45, 7) is 5.98. The van der Waals surface area contributed by atoms with Crippen molar-refractivity contribution in [3.8, 4) is 5.75 Å². The first kappa shape index (κ1) is 16.0. The first-order chi connectivity index (χ1) is 9.19. The van der Waals surface area contributed by atoms with E-state index in [1.807, 2.05) is 20.8 Å². The molecule has 0 saturated carbocycles. The molecule has 1 aromatic carbocycles. The van der Waals surface area contributed by atoms with Crippen molar-refractivity contribution in [3.63, 3.8) is 0 Å². The predicted octanol–water partition coefficient (Wildman–Crippen LogP) is 2.26. The molecular weight excluding hydrogens is 258 g/mol. The summed E-state index contributed by atoms with van der Waals surface area (Å²) in [4.78, 5) is 23.0. The van der Waals surface area contributed by atoms with Crippen LogP contribution >= 0.6 is 0 Å². The van der Waals surface area contributed by atoms with Crippen LogP contribution in [-0.2, 0) is 4.79 Å². The number of aromatic hydroxyl groups is 1. The maximum absolute atomic E-state index is 11.9. The molecule has 0 saturated heterocycles. The summed E-state index contributed by atoms with van der Waals surface area (Å²) in [5.74, 6) is -1.79. The lowest BCUT2D eigenvalue weighted by atomic mass is 9.84. The van der Waals surface area contributed by atoms with Crippen molar-refractivity contribution in [2.45, 2.75) is 27.2 Å². The number of carboxylic acid groups (broad SMARTS) is 1. The van der Waals surface area contributed by atoms with Crippen molar-refractivity contribution in [2.75, 3.05) is 6.54 Å². The number of carbonyl (C=O) groups excluding carboxylic acids is 1. The third kappa shape index (κ3) is 5.30. The Morgan fingerprint density at radius 1 is 1.20 bits per heavy atom. The zero-order valence-electron chi connectivity index (χ0n) is 12.0. The number of nitrogens with one attached hydrogen (secondary N) is 1.